The molecule has 3 atom stereocenters. The van der Waals surface area contributed by atoms with E-state index in [0.717, 1.165) is 22.6 Å². The lowest BCUT2D eigenvalue weighted by molar-refractivity contribution is 0.281. The Balaban J connectivity index is 2.29. The summed E-state index contributed by atoms with van der Waals surface area (Å²) in [5, 5.41) is 4.53. The van der Waals surface area contributed by atoms with Gasteiger partial charge in [0.2, 0.25) is 0 Å². The van der Waals surface area contributed by atoms with Gasteiger partial charge in [-0.1, -0.05) is 45.7 Å². The minimum absolute atomic E-state index is 0.516. The summed E-state index contributed by atoms with van der Waals surface area (Å²) in [4.78, 5) is 2.55. The van der Waals surface area contributed by atoms with E-state index in [9.17, 15) is 0 Å². The lowest BCUT2D eigenvalue weighted by atomic mass is 9.91. The van der Waals surface area contributed by atoms with Crippen LogP contribution in [0.5, 0.6) is 0 Å². The molecule has 0 aliphatic carbocycles. The van der Waals surface area contributed by atoms with Crippen LogP contribution in [0, 0.1) is 11.8 Å². The van der Waals surface area contributed by atoms with Crippen molar-refractivity contribution in [1.82, 2.24) is 5.32 Å². The fourth-order valence-corrected chi connectivity index (χ4v) is 3.96. The Morgan fingerprint density at radius 2 is 2.10 bits per heavy atom. The number of anilines is 1. The van der Waals surface area contributed by atoms with Crippen LogP contribution in [0.4, 0.5) is 5.69 Å². The Labute approximate surface area is 142 Å². The third-order valence-electron chi connectivity index (χ3n) is 4.70. The minimum atomic E-state index is 0.516. The molecule has 4 heteroatoms. The van der Waals surface area contributed by atoms with Gasteiger partial charge in [0.25, 0.3) is 0 Å². The monoisotopic (exact) mass is 372 g/mol. The number of nitrogens with one attached hydrogen (secondary N) is 1. The van der Waals surface area contributed by atoms with Gasteiger partial charge in [0.15, 0.2) is 0 Å². The molecule has 3 unspecified atom stereocenters. The lowest BCUT2D eigenvalue weighted by Crippen LogP contribution is -2.60. The van der Waals surface area contributed by atoms with Crippen LogP contribution in [0.1, 0.15) is 34.1 Å². The standard InChI is InChI=1S/C17H26BrClN2/c1-5-12(4)15-10-21(17(9-20-15)11(2)3)16-7-6-13(19)8-14(16)18/h6-8,11-12,15,17,20H,5,9-10H2,1-4H3. The quantitative estimate of drug-likeness (QED) is 0.803. The van der Waals surface area contributed by atoms with Crippen LogP contribution >= 0.6 is 27.5 Å². The first kappa shape index (κ1) is 17.1. The highest BCUT2D eigenvalue weighted by atomic mass is 79.9. The van der Waals surface area contributed by atoms with Gasteiger partial charge in [0.05, 0.1) is 5.69 Å². The second-order valence-corrected chi connectivity index (χ2v) is 7.75. The smallest absolute Gasteiger partial charge is 0.0515 e. The highest BCUT2D eigenvalue weighted by Gasteiger charge is 2.32. The molecule has 1 aliphatic heterocycles. The van der Waals surface area contributed by atoms with Gasteiger partial charge in [0.1, 0.15) is 0 Å². The van der Waals surface area contributed by atoms with E-state index < -0.39 is 0 Å². The Bertz CT molecular complexity index is 478. The van der Waals surface area contributed by atoms with E-state index in [-0.39, 0.29) is 0 Å². The van der Waals surface area contributed by atoms with Crippen LogP contribution in [0.3, 0.4) is 0 Å². The summed E-state index contributed by atoms with van der Waals surface area (Å²) in [6.07, 6.45) is 1.21. The van der Waals surface area contributed by atoms with E-state index in [4.69, 9.17) is 11.6 Å². The van der Waals surface area contributed by atoms with Crippen LogP contribution in [0.15, 0.2) is 22.7 Å². The van der Waals surface area contributed by atoms with E-state index in [1.54, 1.807) is 0 Å². The van der Waals surface area contributed by atoms with E-state index in [2.05, 4.69) is 59.9 Å². The maximum atomic E-state index is 6.10. The fourth-order valence-electron chi connectivity index (χ4n) is 3.05. The number of hydrogen-bond donors (Lipinski definition) is 1. The highest BCUT2D eigenvalue weighted by Crippen LogP contribution is 2.33. The molecule has 0 spiro atoms. The molecule has 118 valence electrons. The van der Waals surface area contributed by atoms with Gasteiger partial charge in [-0.15, -0.1) is 0 Å². The van der Waals surface area contributed by atoms with Crippen LogP contribution in [-0.2, 0) is 0 Å². The second-order valence-electron chi connectivity index (χ2n) is 6.46. The van der Waals surface area contributed by atoms with Crippen LogP contribution in [0.25, 0.3) is 0 Å². The zero-order valence-corrected chi connectivity index (χ0v) is 15.7. The molecule has 1 aromatic rings. The molecule has 0 aromatic heterocycles. The van der Waals surface area contributed by atoms with Crippen molar-refractivity contribution >= 4 is 33.2 Å². The van der Waals surface area contributed by atoms with E-state index in [1.807, 2.05) is 12.1 Å². The number of benzene rings is 1. The summed E-state index contributed by atoms with van der Waals surface area (Å²) in [6, 6.07) is 7.18. The van der Waals surface area contributed by atoms with Gasteiger partial charge >= 0.3 is 0 Å². The predicted octanol–water partition coefficient (Wildman–Crippen LogP) is 4.95. The highest BCUT2D eigenvalue weighted by molar-refractivity contribution is 9.10. The number of rotatable bonds is 4. The first-order valence-electron chi connectivity index (χ1n) is 7.89. The van der Waals surface area contributed by atoms with Crippen molar-refractivity contribution < 1.29 is 0 Å². The van der Waals surface area contributed by atoms with Crippen LogP contribution in [-0.4, -0.2) is 25.2 Å². The molecular weight excluding hydrogens is 348 g/mol. The third kappa shape index (κ3) is 3.94. The van der Waals surface area contributed by atoms with Crippen molar-refractivity contribution in [2.24, 2.45) is 11.8 Å². The molecule has 1 saturated heterocycles. The van der Waals surface area contributed by atoms with E-state index in [1.165, 1.54) is 12.1 Å². The van der Waals surface area contributed by atoms with Crippen LogP contribution < -0.4 is 10.2 Å². The van der Waals surface area contributed by atoms with Crippen molar-refractivity contribution in [3.05, 3.63) is 27.7 Å². The topological polar surface area (TPSA) is 15.3 Å². The van der Waals surface area contributed by atoms with Crippen molar-refractivity contribution in [2.75, 3.05) is 18.0 Å². The number of halogens is 2. The zero-order chi connectivity index (χ0) is 15.6. The van der Waals surface area contributed by atoms with Crippen molar-refractivity contribution in [1.29, 1.82) is 0 Å². The van der Waals surface area contributed by atoms with Crippen molar-refractivity contribution in [2.45, 2.75) is 46.2 Å². The van der Waals surface area contributed by atoms with E-state index >= 15 is 0 Å². The summed E-state index contributed by atoms with van der Waals surface area (Å²) < 4.78 is 1.09. The maximum absolute atomic E-state index is 6.10. The Morgan fingerprint density at radius 1 is 1.38 bits per heavy atom. The Hall–Kier alpha value is -0.250. The van der Waals surface area contributed by atoms with Crippen molar-refractivity contribution in [3.63, 3.8) is 0 Å². The van der Waals surface area contributed by atoms with E-state index in [0.29, 0.717) is 23.9 Å². The molecule has 1 aromatic carbocycles. The van der Waals surface area contributed by atoms with Gasteiger partial charge < -0.3 is 10.2 Å². The summed E-state index contributed by atoms with van der Waals surface area (Å²) in [5.74, 6) is 1.30. The average molecular weight is 374 g/mol. The molecular formula is C17H26BrClN2. The normalized spacial score (nSPS) is 24.4. The fraction of sp³-hybridized carbons (Fsp3) is 0.647. The Kier molecular flexibility index (Phi) is 5.98. The molecule has 21 heavy (non-hydrogen) atoms. The number of hydrogen-bond acceptors (Lipinski definition) is 2. The molecule has 2 nitrogen and oxygen atoms in total. The molecule has 1 fully saturated rings. The Morgan fingerprint density at radius 3 is 2.67 bits per heavy atom. The maximum Gasteiger partial charge on any atom is 0.0515 e. The average Bonchev–Trinajstić information content (AvgIpc) is 2.45. The molecule has 0 amide bonds. The zero-order valence-electron chi connectivity index (χ0n) is 13.4. The second kappa shape index (κ2) is 7.34. The third-order valence-corrected chi connectivity index (χ3v) is 5.57. The number of piperazine rings is 1. The molecule has 0 bridgehead atoms. The first-order valence-corrected chi connectivity index (χ1v) is 9.06. The van der Waals surface area contributed by atoms with Gasteiger partial charge in [-0.2, -0.15) is 0 Å². The van der Waals surface area contributed by atoms with Gasteiger partial charge in [-0.05, 0) is 46.0 Å². The minimum Gasteiger partial charge on any atom is -0.365 e. The van der Waals surface area contributed by atoms with Gasteiger partial charge in [-0.25, -0.2) is 0 Å². The molecule has 1 N–H and O–H groups in total. The SMILES string of the molecule is CCC(C)C1CN(c2ccc(Cl)cc2Br)C(C(C)C)CN1. The molecule has 2 rings (SSSR count). The summed E-state index contributed by atoms with van der Waals surface area (Å²) in [7, 11) is 0. The summed E-state index contributed by atoms with van der Waals surface area (Å²) >= 11 is 9.78. The van der Waals surface area contributed by atoms with Crippen LogP contribution in [0.2, 0.25) is 5.02 Å². The summed E-state index contributed by atoms with van der Waals surface area (Å²) in [6.45, 7) is 11.3. The van der Waals surface area contributed by atoms with Gasteiger partial charge in [-0.3, -0.25) is 0 Å². The van der Waals surface area contributed by atoms with Crippen molar-refractivity contribution in [3.8, 4) is 0 Å². The molecule has 1 heterocycles. The molecule has 0 radical (unpaired) electrons. The van der Waals surface area contributed by atoms with Gasteiger partial charge in [0, 0.05) is 34.7 Å². The molecule has 0 saturated carbocycles. The predicted molar refractivity (Wildman–Crippen MR) is 96.4 cm³/mol. The summed E-state index contributed by atoms with van der Waals surface area (Å²) in [5.41, 5.74) is 1.26. The lowest BCUT2D eigenvalue weighted by Gasteiger charge is -2.45. The first-order chi connectivity index (χ1) is 9.93. The number of nitrogens with zero attached hydrogens (tertiary/aromatic N) is 1. The largest absolute Gasteiger partial charge is 0.365 e. The molecule has 1 aliphatic rings.